The fraction of sp³-hybridized carbons (Fsp3) is 0.636. The van der Waals surface area contributed by atoms with E-state index in [1.807, 2.05) is 18.7 Å². The molecule has 17 heavy (non-hydrogen) atoms. The van der Waals surface area contributed by atoms with Gasteiger partial charge in [0.25, 0.3) is 5.91 Å². The van der Waals surface area contributed by atoms with Crippen LogP contribution in [0.1, 0.15) is 21.6 Å². The third-order valence-electron chi connectivity index (χ3n) is 2.77. The monoisotopic (exact) mass is 274 g/mol. The zero-order valence-corrected chi connectivity index (χ0v) is 11.4. The molecule has 6 heteroatoms. The molecule has 4 nitrogen and oxygen atoms in total. The molecule has 1 fully saturated rings. The highest BCUT2D eigenvalue weighted by atomic mass is 35.5. The van der Waals surface area contributed by atoms with Crippen molar-refractivity contribution in [2.24, 2.45) is 0 Å². The van der Waals surface area contributed by atoms with E-state index in [1.165, 1.54) is 11.3 Å². The number of aromatic nitrogens is 1. The van der Waals surface area contributed by atoms with Crippen molar-refractivity contribution in [2.45, 2.75) is 26.0 Å². The van der Waals surface area contributed by atoms with Crippen LogP contribution in [-0.2, 0) is 4.74 Å². The van der Waals surface area contributed by atoms with Crippen molar-refractivity contribution in [3.8, 4) is 0 Å². The number of halogens is 1. The average molecular weight is 275 g/mol. The molecule has 0 aliphatic carbocycles. The maximum atomic E-state index is 12.3. The summed E-state index contributed by atoms with van der Waals surface area (Å²) in [5, 5.41) is 0.906. The quantitative estimate of drug-likeness (QED) is 0.774. The van der Waals surface area contributed by atoms with Gasteiger partial charge in [-0.15, -0.1) is 22.9 Å². The Kier molecular flexibility index (Phi) is 4.01. The molecule has 94 valence electrons. The van der Waals surface area contributed by atoms with E-state index in [4.69, 9.17) is 16.3 Å². The molecule has 1 aliphatic heterocycles. The normalized spacial score (nSPS) is 25.0. The molecule has 2 unspecified atom stereocenters. The van der Waals surface area contributed by atoms with E-state index in [0.29, 0.717) is 23.9 Å². The van der Waals surface area contributed by atoms with E-state index in [0.717, 1.165) is 5.01 Å². The van der Waals surface area contributed by atoms with Crippen molar-refractivity contribution in [3.63, 3.8) is 0 Å². The number of amides is 1. The number of thiazole rings is 1. The molecular weight excluding hydrogens is 260 g/mol. The van der Waals surface area contributed by atoms with Gasteiger partial charge in [0.05, 0.1) is 35.8 Å². The van der Waals surface area contributed by atoms with Crippen LogP contribution in [0.4, 0.5) is 0 Å². The molecule has 2 heterocycles. The van der Waals surface area contributed by atoms with Gasteiger partial charge in [-0.25, -0.2) is 4.98 Å². The standard InChI is InChI=1S/C11H15ClN2O2S/c1-7-6-16-9(3-12)5-14(7)11(15)10-4-13-8(2)17-10/h4,7,9H,3,5-6H2,1-2H3. The SMILES string of the molecule is Cc1ncc(C(=O)N2CC(CCl)OCC2C)s1. The van der Waals surface area contributed by atoms with Gasteiger partial charge in [-0.05, 0) is 13.8 Å². The van der Waals surface area contributed by atoms with E-state index < -0.39 is 0 Å². The summed E-state index contributed by atoms with van der Waals surface area (Å²) in [6.07, 6.45) is 1.58. The van der Waals surface area contributed by atoms with Crippen LogP contribution in [0.5, 0.6) is 0 Å². The summed E-state index contributed by atoms with van der Waals surface area (Å²) >= 11 is 7.20. The molecule has 0 saturated carbocycles. The second-order valence-corrected chi connectivity index (χ2v) is 5.70. The summed E-state index contributed by atoms with van der Waals surface area (Å²) in [6, 6.07) is 0.0874. The molecule has 2 atom stereocenters. The molecule has 0 spiro atoms. The van der Waals surface area contributed by atoms with Crippen LogP contribution in [0.15, 0.2) is 6.20 Å². The second-order valence-electron chi connectivity index (χ2n) is 4.16. The molecule has 1 aromatic heterocycles. The van der Waals surface area contributed by atoms with Crippen molar-refractivity contribution in [1.82, 2.24) is 9.88 Å². The van der Waals surface area contributed by atoms with E-state index in [1.54, 1.807) is 6.20 Å². The van der Waals surface area contributed by atoms with Gasteiger partial charge in [-0.2, -0.15) is 0 Å². The van der Waals surface area contributed by atoms with Crippen LogP contribution >= 0.6 is 22.9 Å². The van der Waals surface area contributed by atoms with Crippen molar-refractivity contribution in [1.29, 1.82) is 0 Å². The zero-order valence-electron chi connectivity index (χ0n) is 9.85. The number of nitrogens with zero attached hydrogens (tertiary/aromatic N) is 2. The minimum Gasteiger partial charge on any atom is -0.373 e. The smallest absolute Gasteiger partial charge is 0.265 e. The van der Waals surface area contributed by atoms with Crippen LogP contribution < -0.4 is 0 Å². The Morgan fingerprint density at radius 3 is 3.12 bits per heavy atom. The Bertz CT molecular complexity index is 410. The van der Waals surface area contributed by atoms with E-state index in [-0.39, 0.29) is 18.1 Å². The van der Waals surface area contributed by atoms with Crippen LogP contribution in [-0.4, -0.2) is 47.0 Å². The highest BCUT2D eigenvalue weighted by Crippen LogP contribution is 2.19. The highest BCUT2D eigenvalue weighted by molar-refractivity contribution is 7.13. The molecule has 1 aliphatic rings. The van der Waals surface area contributed by atoms with Crippen LogP contribution in [0.3, 0.4) is 0 Å². The minimum atomic E-state index is -0.0640. The van der Waals surface area contributed by atoms with Gasteiger partial charge in [0.15, 0.2) is 0 Å². The van der Waals surface area contributed by atoms with Gasteiger partial charge in [0.1, 0.15) is 4.88 Å². The first-order valence-corrected chi connectivity index (χ1v) is 6.88. The summed E-state index contributed by atoms with van der Waals surface area (Å²) in [5.41, 5.74) is 0. The number of alkyl halides is 1. The topological polar surface area (TPSA) is 42.4 Å². The Balaban J connectivity index is 2.12. The molecule has 0 radical (unpaired) electrons. The lowest BCUT2D eigenvalue weighted by Gasteiger charge is -2.37. The molecule has 0 aromatic carbocycles. The number of rotatable bonds is 2. The first kappa shape index (κ1) is 12.8. The van der Waals surface area contributed by atoms with Crippen LogP contribution in [0.2, 0.25) is 0 Å². The summed E-state index contributed by atoms with van der Waals surface area (Å²) in [6.45, 7) is 4.98. The lowest BCUT2D eigenvalue weighted by molar-refractivity contribution is -0.0370. The molecule has 1 aromatic rings. The summed E-state index contributed by atoms with van der Waals surface area (Å²) in [4.78, 5) is 18.9. The fourth-order valence-electron chi connectivity index (χ4n) is 1.80. The van der Waals surface area contributed by atoms with Crippen molar-refractivity contribution in [2.75, 3.05) is 19.0 Å². The summed E-state index contributed by atoms with van der Waals surface area (Å²) in [7, 11) is 0. The van der Waals surface area contributed by atoms with Crippen LogP contribution in [0, 0.1) is 6.92 Å². The number of aryl methyl sites for hydroxylation is 1. The lowest BCUT2D eigenvalue weighted by Crippen LogP contribution is -2.51. The average Bonchev–Trinajstić information content (AvgIpc) is 2.76. The number of morpholine rings is 1. The Morgan fingerprint density at radius 1 is 1.76 bits per heavy atom. The molecule has 1 saturated heterocycles. The van der Waals surface area contributed by atoms with E-state index >= 15 is 0 Å². The predicted molar refractivity (Wildman–Crippen MR) is 67.8 cm³/mol. The van der Waals surface area contributed by atoms with E-state index in [2.05, 4.69) is 4.98 Å². The first-order valence-electron chi connectivity index (χ1n) is 5.52. The van der Waals surface area contributed by atoms with Gasteiger partial charge >= 0.3 is 0 Å². The first-order chi connectivity index (χ1) is 8.11. The number of carbonyl (C=O) groups is 1. The van der Waals surface area contributed by atoms with Gasteiger partial charge < -0.3 is 9.64 Å². The maximum absolute atomic E-state index is 12.3. The van der Waals surface area contributed by atoms with Gasteiger partial charge in [0.2, 0.25) is 0 Å². The third kappa shape index (κ3) is 2.78. The minimum absolute atomic E-state index is 0.0292. The number of hydrogen-bond acceptors (Lipinski definition) is 4. The predicted octanol–water partition coefficient (Wildman–Crippen LogP) is 1.92. The molecule has 0 N–H and O–H groups in total. The number of hydrogen-bond donors (Lipinski definition) is 0. The number of carbonyl (C=O) groups excluding carboxylic acids is 1. The fourth-order valence-corrected chi connectivity index (χ4v) is 2.72. The maximum Gasteiger partial charge on any atom is 0.265 e. The molecular formula is C11H15ClN2O2S. The third-order valence-corrected chi connectivity index (χ3v) is 4.02. The molecule has 0 bridgehead atoms. The Morgan fingerprint density at radius 2 is 2.53 bits per heavy atom. The van der Waals surface area contributed by atoms with Gasteiger partial charge in [0, 0.05) is 6.54 Å². The molecule has 1 amide bonds. The summed E-state index contributed by atoms with van der Waals surface area (Å²) in [5.74, 6) is 0.444. The Labute approximate surface area is 110 Å². The van der Waals surface area contributed by atoms with Crippen LogP contribution in [0.25, 0.3) is 0 Å². The summed E-state index contributed by atoms with van der Waals surface area (Å²) < 4.78 is 5.52. The van der Waals surface area contributed by atoms with Gasteiger partial charge in [-0.1, -0.05) is 0 Å². The largest absolute Gasteiger partial charge is 0.373 e. The van der Waals surface area contributed by atoms with Gasteiger partial charge in [-0.3, -0.25) is 4.79 Å². The van der Waals surface area contributed by atoms with E-state index in [9.17, 15) is 4.79 Å². The Hall–Kier alpha value is -0.650. The zero-order chi connectivity index (χ0) is 12.4. The highest BCUT2D eigenvalue weighted by Gasteiger charge is 2.30. The lowest BCUT2D eigenvalue weighted by atomic mass is 10.2. The molecule has 2 rings (SSSR count). The number of ether oxygens (including phenoxy) is 1. The second kappa shape index (κ2) is 5.33. The van der Waals surface area contributed by atoms with Crippen molar-refractivity contribution < 1.29 is 9.53 Å². The van der Waals surface area contributed by atoms with Crippen molar-refractivity contribution in [3.05, 3.63) is 16.1 Å². The van der Waals surface area contributed by atoms with Crippen molar-refractivity contribution >= 4 is 28.8 Å².